The highest BCUT2D eigenvalue weighted by Gasteiger charge is 2.10. The molecular formula is C19H22N2O4. The number of aliphatic hydroxyl groups is 1. The lowest BCUT2D eigenvalue weighted by molar-refractivity contribution is 0.0202. The lowest BCUT2D eigenvalue weighted by Crippen LogP contribution is -2.21. The van der Waals surface area contributed by atoms with E-state index < -0.39 is 6.10 Å². The lowest BCUT2D eigenvalue weighted by atomic mass is 10.2. The van der Waals surface area contributed by atoms with Crippen LogP contribution in [0.1, 0.15) is 5.56 Å². The zero-order valence-corrected chi connectivity index (χ0v) is 14.4. The van der Waals surface area contributed by atoms with Crippen molar-refractivity contribution in [3.05, 3.63) is 54.4 Å². The molecule has 0 radical (unpaired) electrons. The van der Waals surface area contributed by atoms with E-state index in [0.717, 1.165) is 28.1 Å². The molecule has 0 amide bonds. The van der Waals surface area contributed by atoms with Crippen molar-refractivity contribution in [3.8, 4) is 11.5 Å². The van der Waals surface area contributed by atoms with Crippen LogP contribution < -0.4 is 9.47 Å². The van der Waals surface area contributed by atoms with E-state index in [0.29, 0.717) is 13.2 Å². The van der Waals surface area contributed by atoms with Crippen LogP contribution in [0.3, 0.4) is 0 Å². The largest absolute Gasteiger partial charge is 0.497 e. The minimum atomic E-state index is -0.630. The van der Waals surface area contributed by atoms with Gasteiger partial charge in [-0.25, -0.2) is 4.98 Å². The Hall–Kier alpha value is -2.57. The molecule has 6 nitrogen and oxygen atoms in total. The molecule has 0 aliphatic heterocycles. The Kier molecular flexibility index (Phi) is 5.53. The molecule has 0 saturated carbocycles. The van der Waals surface area contributed by atoms with E-state index in [1.807, 2.05) is 47.0 Å². The van der Waals surface area contributed by atoms with Crippen molar-refractivity contribution in [1.82, 2.24) is 9.55 Å². The Morgan fingerprint density at radius 2 is 1.96 bits per heavy atom. The van der Waals surface area contributed by atoms with E-state index in [2.05, 4.69) is 4.98 Å². The van der Waals surface area contributed by atoms with E-state index in [1.54, 1.807) is 20.5 Å². The Bertz CT molecular complexity index is 831. The van der Waals surface area contributed by atoms with Gasteiger partial charge in [-0.05, 0) is 30.3 Å². The number of rotatable bonds is 8. The summed E-state index contributed by atoms with van der Waals surface area (Å²) in [5.41, 5.74) is 2.79. The third-order valence-electron chi connectivity index (χ3n) is 3.99. The first kappa shape index (κ1) is 17.3. The van der Waals surface area contributed by atoms with Gasteiger partial charge in [0.1, 0.15) is 11.5 Å². The highest BCUT2D eigenvalue weighted by Crippen LogP contribution is 2.24. The fourth-order valence-electron chi connectivity index (χ4n) is 2.74. The molecule has 0 unspecified atom stereocenters. The predicted octanol–water partition coefficient (Wildman–Crippen LogP) is 2.63. The second-order valence-corrected chi connectivity index (χ2v) is 5.73. The highest BCUT2D eigenvalue weighted by molar-refractivity contribution is 5.74. The minimum absolute atomic E-state index is 0.215. The van der Waals surface area contributed by atoms with Gasteiger partial charge < -0.3 is 23.9 Å². The summed E-state index contributed by atoms with van der Waals surface area (Å²) in [7, 11) is 3.23. The zero-order valence-electron chi connectivity index (χ0n) is 14.4. The first-order valence-corrected chi connectivity index (χ1v) is 8.08. The molecule has 1 N–H and O–H groups in total. The van der Waals surface area contributed by atoms with Gasteiger partial charge >= 0.3 is 0 Å². The second-order valence-electron chi connectivity index (χ2n) is 5.73. The summed E-state index contributed by atoms with van der Waals surface area (Å²) in [5, 5.41) is 10.3. The molecule has 0 spiro atoms. The van der Waals surface area contributed by atoms with E-state index in [9.17, 15) is 5.11 Å². The van der Waals surface area contributed by atoms with Gasteiger partial charge in [-0.3, -0.25) is 0 Å². The van der Waals surface area contributed by atoms with Crippen LogP contribution in [0.5, 0.6) is 11.5 Å². The van der Waals surface area contributed by atoms with E-state index in [4.69, 9.17) is 14.2 Å². The molecule has 6 heteroatoms. The van der Waals surface area contributed by atoms with Crippen molar-refractivity contribution >= 4 is 11.0 Å². The Balaban J connectivity index is 1.57. The van der Waals surface area contributed by atoms with Crippen LogP contribution in [0.4, 0.5) is 0 Å². The van der Waals surface area contributed by atoms with Gasteiger partial charge in [-0.15, -0.1) is 0 Å². The molecule has 1 heterocycles. The zero-order chi connectivity index (χ0) is 17.6. The minimum Gasteiger partial charge on any atom is -0.497 e. The number of para-hydroxylation sites is 2. The van der Waals surface area contributed by atoms with Crippen LogP contribution >= 0.6 is 0 Å². The number of aliphatic hydroxyl groups excluding tert-OH is 1. The number of nitrogens with zero attached hydrogens (tertiary/aromatic N) is 2. The van der Waals surface area contributed by atoms with Crippen molar-refractivity contribution in [1.29, 1.82) is 0 Å². The first-order chi connectivity index (χ1) is 12.2. The first-order valence-electron chi connectivity index (χ1n) is 8.08. The van der Waals surface area contributed by atoms with Crippen molar-refractivity contribution in [2.45, 2.75) is 19.3 Å². The molecule has 0 bridgehead atoms. The van der Waals surface area contributed by atoms with Gasteiger partial charge in [0.15, 0.2) is 0 Å². The van der Waals surface area contributed by atoms with Crippen LogP contribution in [-0.4, -0.2) is 41.6 Å². The SMILES string of the molecule is COc1ccc(OC)c(COC[C@H](O)Cn2cnc3ccccc32)c1. The van der Waals surface area contributed by atoms with E-state index in [-0.39, 0.29) is 6.61 Å². The average Bonchev–Trinajstić information content (AvgIpc) is 3.04. The molecule has 0 saturated heterocycles. The van der Waals surface area contributed by atoms with Gasteiger partial charge in [0.05, 0.1) is 57.4 Å². The van der Waals surface area contributed by atoms with Gasteiger partial charge in [0, 0.05) is 5.56 Å². The molecule has 0 aliphatic carbocycles. The Morgan fingerprint density at radius 3 is 2.76 bits per heavy atom. The number of ether oxygens (including phenoxy) is 3. The summed E-state index contributed by atoms with van der Waals surface area (Å²) in [6, 6.07) is 13.4. The van der Waals surface area contributed by atoms with Crippen molar-refractivity contribution in [2.75, 3.05) is 20.8 Å². The number of aromatic nitrogens is 2. The van der Waals surface area contributed by atoms with Gasteiger partial charge in [0.25, 0.3) is 0 Å². The molecular weight excluding hydrogens is 320 g/mol. The van der Waals surface area contributed by atoms with Crippen molar-refractivity contribution in [3.63, 3.8) is 0 Å². The van der Waals surface area contributed by atoms with Gasteiger partial charge in [0.2, 0.25) is 0 Å². The number of benzene rings is 2. The molecule has 0 aliphatic rings. The van der Waals surface area contributed by atoms with Crippen LogP contribution in [0.2, 0.25) is 0 Å². The van der Waals surface area contributed by atoms with Crippen LogP contribution in [0, 0.1) is 0 Å². The summed E-state index contributed by atoms with van der Waals surface area (Å²) in [6.45, 7) is 0.977. The fraction of sp³-hybridized carbons (Fsp3) is 0.316. The topological polar surface area (TPSA) is 65.7 Å². The Labute approximate surface area is 146 Å². The lowest BCUT2D eigenvalue weighted by Gasteiger charge is -2.14. The number of hydrogen-bond donors (Lipinski definition) is 1. The smallest absolute Gasteiger partial charge is 0.124 e. The maximum atomic E-state index is 10.3. The molecule has 25 heavy (non-hydrogen) atoms. The molecule has 132 valence electrons. The van der Waals surface area contributed by atoms with Crippen LogP contribution in [0.15, 0.2) is 48.8 Å². The summed E-state index contributed by atoms with van der Waals surface area (Å²) < 4.78 is 18.1. The number of imidazole rings is 1. The van der Waals surface area contributed by atoms with Crippen molar-refractivity contribution < 1.29 is 19.3 Å². The monoisotopic (exact) mass is 342 g/mol. The Morgan fingerprint density at radius 1 is 1.12 bits per heavy atom. The van der Waals surface area contributed by atoms with Crippen LogP contribution in [-0.2, 0) is 17.9 Å². The molecule has 0 fully saturated rings. The normalized spacial score (nSPS) is 12.3. The van der Waals surface area contributed by atoms with Gasteiger partial charge in [-0.2, -0.15) is 0 Å². The molecule has 3 rings (SSSR count). The summed E-state index contributed by atoms with van der Waals surface area (Å²) in [5.74, 6) is 1.47. The van der Waals surface area contributed by atoms with Crippen LogP contribution in [0.25, 0.3) is 11.0 Å². The van der Waals surface area contributed by atoms with Gasteiger partial charge in [-0.1, -0.05) is 12.1 Å². The number of hydrogen-bond acceptors (Lipinski definition) is 5. The maximum Gasteiger partial charge on any atom is 0.124 e. The third-order valence-corrected chi connectivity index (χ3v) is 3.99. The molecule has 1 atom stereocenters. The quantitative estimate of drug-likeness (QED) is 0.682. The standard InChI is InChI=1S/C19H22N2O4/c1-23-16-7-8-19(24-2)14(9-16)11-25-12-15(22)10-21-13-20-17-5-3-4-6-18(17)21/h3-9,13,15,22H,10-12H2,1-2H3/t15-/m1/s1. The van der Waals surface area contributed by atoms with Crippen molar-refractivity contribution in [2.24, 2.45) is 0 Å². The second kappa shape index (κ2) is 8.00. The number of fused-ring (bicyclic) bond motifs is 1. The molecule has 2 aromatic carbocycles. The average molecular weight is 342 g/mol. The van der Waals surface area contributed by atoms with E-state index >= 15 is 0 Å². The fourth-order valence-corrected chi connectivity index (χ4v) is 2.74. The molecule has 1 aromatic heterocycles. The predicted molar refractivity (Wildman–Crippen MR) is 94.9 cm³/mol. The third kappa shape index (κ3) is 4.10. The summed E-state index contributed by atoms with van der Waals surface area (Å²) in [4.78, 5) is 4.32. The molecule has 3 aromatic rings. The highest BCUT2D eigenvalue weighted by atomic mass is 16.5. The number of methoxy groups -OCH3 is 2. The summed E-state index contributed by atoms with van der Waals surface area (Å²) in [6.07, 6.45) is 1.10. The van der Waals surface area contributed by atoms with E-state index in [1.165, 1.54) is 0 Å². The summed E-state index contributed by atoms with van der Waals surface area (Å²) >= 11 is 0. The maximum absolute atomic E-state index is 10.3.